The molecule has 4 heterocycles. The molecule has 1 saturated heterocycles. The van der Waals surface area contributed by atoms with E-state index in [9.17, 15) is 14.4 Å². The molecule has 2 aliphatic rings. The first kappa shape index (κ1) is 30.1. The predicted molar refractivity (Wildman–Crippen MR) is 144 cm³/mol. The fourth-order valence-electron chi connectivity index (χ4n) is 4.02. The lowest BCUT2D eigenvalue weighted by molar-refractivity contribution is -0.212. The first-order chi connectivity index (χ1) is 19.0. The van der Waals surface area contributed by atoms with E-state index in [1.54, 1.807) is 5.55 Å². The number of nitriles is 1. The van der Waals surface area contributed by atoms with Gasteiger partial charge < -0.3 is 18.9 Å². The molecule has 0 N–H and O–H groups in total. The maximum atomic E-state index is 12.3. The van der Waals surface area contributed by atoms with Crippen molar-refractivity contribution in [1.29, 1.82) is 5.26 Å². The van der Waals surface area contributed by atoms with Gasteiger partial charge in [0, 0.05) is 37.6 Å². The lowest BCUT2D eigenvalue weighted by atomic mass is 9.96. The molecule has 0 aromatic carbocycles. The number of hydrogen-bond acceptors (Lipinski definition) is 14. The summed E-state index contributed by atoms with van der Waals surface area (Å²) < 4.78 is 24.2. The van der Waals surface area contributed by atoms with Crippen molar-refractivity contribution in [2.45, 2.75) is 60.5 Å². The molecule has 0 spiro atoms. The van der Waals surface area contributed by atoms with Gasteiger partial charge in [-0.05, 0) is 6.07 Å². The summed E-state index contributed by atoms with van der Waals surface area (Å²) in [6.45, 7) is 3.36. The Morgan fingerprint density at radius 1 is 1.25 bits per heavy atom. The molecule has 1 unspecified atom stereocenters. The van der Waals surface area contributed by atoms with Gasteiger partial charge >= 0.3 is 17.9 Å². The Bertz CT molecular complexity index is 1370. The number of ether oxygens (including phenoxy) is 4. The first-order valence-electron chi connectivity index (χ1n) is 11.6. The molecular formula is C23H22Cl2N6O7S2. The molecule has 212 valence electrons. The van der Waals surface area contributed by atoms with Crippen LogP contribution in [0.1, 0.15) is 38.2 Å². The third-order valence-electron chi connectivity index (χ3n) is 5.66. The van der Waals surface area contributed by atoms with Gasteiger partial charge in [-0.3, -0.25) is 19.4 Å². The van der Waals surface area contributed by atoms with Crippen molar-refractivity contribution in [3.8, 4) is 6.07 Å². The van der Waals surface area contributed by atoms with Gasteiger partial charge in [0.2, 0.25) is 0 Å². The van der Waals surface area contributed by atoms with E-state index < -0.39 is 52.7 Å². The Balaban J connectivity index is 1.79. The van der Waals surface area contributed by atoms with E-state index in [4.69, 9.17) is 47.4 Å². The molecule has 0 bridgehead atoms. The van der Waals surface area contributed by atoms with Gasteiger partial charge in [0.1, 0.15) is 36.0 Å². The number of halogens is 2. The molecule has 2 aromatic rings. The molecule has 0 saturated carbocycles. The molecule has 0 amide bonds. The van der Waals surface area contributed by atoms with E-state index in [0.717, 1.165) is 11.8 Å². The molecule has 1 fully saturated rings. The molecule has 6 atom stereocenters. The summed E-state index contributed by atoms with van der Waals surface area (Å²) in [4.78, 5) is 43.8. The Morgan fingerprint density at radius 3 is 2.58 bits per heavy atom. The number of pyridine rings is 1. The van der Waals surface area contributed by atoms with Crippen LogP contribution in [0.5, 0.6) is 0 Å². The maximum Gasteiger partial charge on any atom is 0.303 e. The van der Waals surface area contributed by atoms with Crippen LogP contribution < -0.4 is 0 Å². The van der Waals surface area contributed by atoms with E-state index in [2.05, 4.69) is 20.3 Å². The topological polar surface area (TPSA) is 168 Å². The molecule has 13 nitrogen and oxygen atoms in total. The Hall–Kier alpha value is -2.90. The fourth-order valence-corrected chi connectivity index (χ4v) is 6.57. The smallest absolute Gasteiger partial charge is 0.303 e. The van der Waals surface area contributed by atoms with Gasteiger partial charge in [0.05, 0.1) is 16.8 Å². The van der Waals surface area contributed by atoms with Crippen LogP contribution in [0.2, 0.25) is 5.02 Å². The standard InChI is InChI=1S/C23H22Cl2N6O7S2/c1-11(32)35-8-17-20(36-12(2)33)19(31-7-18(29-30-31)23(25)9-39-10-28-23)21(37-13(3)34)22(38-17)40-14-4-15(24)16(5-26)27-6-14/h4,6-7,10,17,19-22H,8-9H2,1-3H3/t17-,19+,20+,21-,22-,23?/m1/s1. The van der Waals surface area contributed by atoms with Crippen molar-refractivity contribution in [2.75, 3.05) is 12.4 Å². The van der Waals surface area contributed by atoms with Crippen molar-refractivity contribution >= 4 is 70.2 Å². The highest BCUT2D eigenvalue weighted by molar-refractivity contribution is 8.12. The van der Waals surface area contributed by atoms with Crippen molar-refractivity contribution < 1.29 is 33.3 Å². The second kappa shape index (κ2) is 12.7. The molecule has 17 heteroatoms. The molecule has 40 heavy (non-hydrogen) atoms. The summed E-state index contributed by atoms with van der Waals surface area (Å²) in [6.07, 6.45) is -0.316. The average molecular weight is 630 g/mol. The number of esters is 3. The Kier molecular flexibility index (Phi) is 9.57. The summed E-state index contributed by atoms with van der Waals surface area (Å²) in [5.41, 5.74) is 1.01. The van der Waals surface area contributed by atoms with Crippen molar-refractivity contribution in [2.24, 2.45) is 4.99 Å². The minimum atomic E-state index is -1.15. The minimum absolute atomic E-state index is 0.0329. The number of hydrogen-bond donors (Lipinski definition) is 0. The normalized spacial score (nSPS) is 27.6. The third kappa shape index (κ3) is 6.87. The van der Waals surface area contributed by atoms with Crippen LogP contribution in [0, 0.1) is 11.3 Å². The number of nitrogens with zero attached hydrogens (tertiary/aromatic N) is 6. The van der Waals surface area contributed by atoms with E-state index in [1.807, 2.05) is 6.07 Å². The monoisotopic (exact) mass is 628 g/mol. The molecule has 2 aliphatic heterocycles. The Labute approximate surface area is 246 Å². The quantitative estimate of drug-likeness (QED) is 0.181. The minimum Gasteiger partial charge on any atom is -0.463 e. The number of alkyl halides is 1. The largest absolute Gasteiger partial charge is 0.463 e. The zero-order chi connectivity index (χ0) is 29.0. The number of carbonyl (C=O) groups excluding carboxylic acids is 3. The van der Waals surface area contributed by atoms with E-state index in [0.29, 0.717) is 16.3 Å². The van der Waals surface area contributed by atoms with Gasteiger partial charge in [-0.2, -0.15) is 5.26 Å². The lowest BCUT2D eigenvalue weighted by Gasteiger charge is -2.44. The fraction of sp³-hybridized carbons (Fsp3) is 0.478. The van der Waals surface area contributed by atoms with Crippen molar-refractivity contribution in [1.82, 2.24) is 20.0 Å². The molecule has 0 radical (unpaired) electrons. The summed E-state index contributed by atoms with van der Waals surface area (Å²) in [5.74, 6) is -1.47. The third-order valence-corrected chi connectivity index (χ3v) is 8.48. The highest BCUT2D eigenvalue weighted by Gasteiger charge is 2.52. The SMILES string of the molecule is CC(=O)OC[C@H]1O[C@H](Sc2cnc(C#N)c(Cl)c2)[C@H](OC(C)=O)[C@@H](n2cc(C3(Cl)CSC=N3)nn2)[C@H]1OC(C)=O. The molecule has 0 aliphatic carbocycles. The molecular weight excluding hydrogens is 607 g/mol. The van der Waals surface area contributed by atoms with Gasteiger partial charge in [0.15, 0.2) is 22.9 Å². The van der Waals surface area contributed by atoms with E-state index in [-0.39, 0.29) is 17.3 Å². The van der Waals surface area contributed by atoms with Gasteiger partial charge in [-0.1, -0.05) is 40.2 Å². The molecule has 4 rings (SSSR count). The van der Waals surface area contributed by atoms with Crippen LogP contribution >= 0.6 is 46.7 Å². The zero-order valence-corrected chi connectivity index (χ0v) is 24.4. The van der Waals surface area contributed by atoms with Crippen LogP contribution in [0.15, 0.2) is 28.3 Å². The lowest BCUT2D eigenvalue weighted by Crippen LogP contribution is -2.57. The number of carbonyl (C=O) groups is 3. The highest BCUT2D eigenvalue weighted by Crippen LogP contribution is 2.43. The van der Waals surface area contributed by atoms with Crippen LogP contribution in [0.25, 0.3) is 0 Å². The Morgan fingerprint density at radius 2 is 1.98 bits per heavy atom. The highest BCUT2D eigenvalue weighted by atomic mass is 35.5. The van der Waals surface area contributed by atoms with Crippen LogP contribution in [0.3, 0.4) is 0 Å². The second-order valence-electron chi connectivity index (χ2n) is 8.60. The van der Waals surface area contributed by atoms with Crippen molar-refractivity contribution in [3.05, 3.63) is 34.9 Å². The summed E-state index contributed by atoms with van der Waals surface area (Å²) in [6, 6.07) is 2.40. The molecule has 2 aromatic heterocycles. The maximum absolute atomic E-state index is 12.3. The van der Waals surface area contributed by atoms with Gasteiger partial charge in [-0.25, -0.2) is 9.67 Å². The first-order valence-corrected chi connectivity index (χ1v) is 14.3. The summed E-state index contributed by atoms with van der Waals surface area (Å²) in [7, 11) is 0. The van der Waals surface area contributed by atoms with Gasteiger partial charge in [-0.15, -0.1) is 16.9 Å². The summed E-state index contributed by atoms with van der Waals surface area (Å²) in [5, 5.41) is 17.7. The predicted octanol–water partition coefficient (Wildman–Crippen LogP) is 2.85. The zero-order valence-electron chi connectivity index (χ0n) is 21.2. The number of aliphatic imine (C=N–C) groups is 1. The van der Waals surface area contributed by atoms with Gasteiger partial charge in [0.25, 0.3) is 0 Å². The average Bonchev–Trinajstić information content (AvgIpc) is 3.55. The second-order valence-corrected chi connectivity index (χ2v) is 11.6. The van der Waals surface area contributed by atoms with Crippen LogP contribution in [-0.2, 0) is 38.3 Å². The number of aromatic nitrogens is 4. The summed E-state index contributed by atoms with van der Waals surface area (Å²) >= 11 is 15.3. The van der Waals surface area contributed by atoms with Crippen molar-refractivity contribution in [3.63, 3.8) is 0 Å². The number of rotatable bonds is 8. The number of thioether (sulfide) groups is 2. The van der Waals surface area contributed by atoms with Crippen LogP contribution in [0.4, 0.5) is 0 Å². The van der Waals surface area contributed by atoms with Crippen LogP contribution in [-0.4, -0.2) is 79.5 Å². The van der Waals surface area contributed by atoms with E-state index in [1.165, 1.54) is 55.7 Å². The van der Waals surface area contributed by atoms with E-state index >= 15 is 0 Å².